The second kappa shape index (κ2) is 9.61. The molecular weight excluding hydrogens is 417 g/mol. The number of rotatable bonds is 6. The molecule has 0 aliphatic carbocycles. The Morgan fingerprint density at radius 1 is 1.03 bits per heavy atom. The van der Waals surface area contributed by atoms with E-state index in [1.165, 1.54) is 6.07 Å². The molecule has 0 bridgehead atoms. The van der Waals surface area contributed by atoms with Crippen molar-refractivity contribution in [2.24, 2.45) is 5.92 Å². The maximum Gasteiger partial charge on any atom is 0.254 e. The van der Waals surface area contributed by atoms with Crippen molar-refractivity contribution in [1.82, 2.24) is 14.4 Å². The topological polar surface area (TPSA) is 45.6 Å². The number of amides is 2. The van der Waals surface area contributed by atoms with Gasteiger partial charge >= 0.3 is 0 Å². The van der Waals surface area contributed by atoms with Gasteiger partial charge in [0.1, 0.15) is 18.4 Å². The number of carbonyl (C=O) groups is 2. The summed E-state index contributed by atoms with van der Waals surface area (Å²) in [5.74, 6) is -0.491. The van der Waals surface area contributed by atoms with Crippen LogP contribution < -0.4 is 0 Å². The quantitative estimate of drug-likeness (QED) is 0.552. The first-order chi connectivity index (χ1) is 15.8. The van der Waals surface area contributed by atoms with Crippen LogP contribution in [0.3, 0.4) is 0 Å². The summed E-state index contributed by atoms with van der Waals surface area (Å²) < 4.78 is 16.9. The Morgan fingerprint density at radius 3 is 2.45 bits per heavy atom. The van der Waals surface area contributed by atoms with Crippen LogP contribution in [0.5, 0.6) is 0 Å². The largest absolute Gasteiger partial charge is 0.348 e. The molecule has 0 saturated carbocycles. The van der Waals surface area contributed by atoms with Crippen LogP contribution in [0.25, 0.3) is 0 Å². The lowest BCUT2D eigenvalue weighted by molar-refractivity contribution is -0.134. The highest BCUT2D eigenvalue weighted by atomic mass is 19.1. The van der Waals surface area contributed by atoms with E-state index >= 15 is 0 Å². The summed E-state index contributed by atoms with van der Waals surface area (Å²) in [5, 5.41) is 0. The van der Waals surface area contributed by atoms with Gasteiger partial charge < -0.3 is 14.4 Å². The van der Waals surface area contributed by atoms with Crippen LogP contribution in [0.15, 0.2) is 66.9 Å². The number of aryl methyl sites for hydroxylation is 1. The summed E-state index contributed by atoms with van der Waals surface area (Å²) in [6.07, 6.45) is 1.96. The normalized spacial score (nSPS) is 15.4. The van der Waals surface area contributed by atoms with Crippen LogP contribution in [-0.4, -0.2) is 45.8 Å². The van der Waals surface area contributed by atoms with Gasteiger partial charge in [-0.05, 0) is 43.2 Å². The number of carbonyl (C=O) groups excluding carboxylic acids is 2. The van der Waals surface area contributed by atoms with E-state index in [0.29, 0.717) is 30.8 Å². The van der Waals surface area contributed by atoms with Crippen LogP contribution in [0.1, 0.15) is 47.1 Å². The molecule has 3 aromatic rings. The second-order valence-electron chi connectivity index (χ2n) is 9.08. The van der Waals surface area contributed by atoms with E-state index in [-0.39, 0.29) is 30.1 Å². The Hall–Kier alpha value is -3.41. The molecule has 5 nitrogen and oxygen atoms in total. The average Bonchev–Trinajstić information content (AvgIpc) is 3.27. The third-order valence-corrected chi connectivity index (χ3v) is 6.06. The predicted molar refractivity (Wildman–Crippen MR) is 126 cm³/mol. The van der Waals surface area contributed by atoms with Crippen molar-refractivity contribution < 1.29 is 14.0 Å². The van der Waals surface area contributed by atoms with Crippen LogP contribution in [-0.2, 0) is 11.3 Å². The molecule has 0 spiro atoms. The first-order valence-corrected chi connectivity index (χ1v) is 11.4. The van der Waals surface area contributed by atoms with Crippen molar-refractivity contribution in [3.8, 4) is 0 Å². The Morgan fingerprint density at radius 2 is 1.76 bits per heavy atom. The molecule has 1 aliphatic heterocycles. The standard InChI is InChI=1S/C27H30FN3O2/c1-19(2)17-30(27(33)21-12-10-20(3)11-13-21)18-25(32)31-16-15-29-14-6-9-24(29)26(31)22-7-4-5-8-23(22)28/h4-14,19,26H,15-18H2,1-3H3/t26-/m0/s1. The highest BCUT2D eigenvalue weighted by molar-refractivity contribution is 5.96. The first-order valence-electron chi connectivity index (χ1n) is 11.4. The highest BCUT2D eigenvalue weighted by Gasteiger charge is 2.35. The molecule has 0 N–H and O–H groups in total. The molecule has 0 saturated heterocycles. The fourth-order valence-electron chi connectivity index (χ4n) is 4.47. The average molecular weight is 448 g/mol. The number of nitrogens with zero attached hydrogens (tertiary/aromatic N) is 3. The third kappa shape index (κ3) is 4.85. The minimum absolute atomic E-state index is 0.0451. The van der Waals surface area contributed by atoms with Crippen molar-refractivity contribution in [3.05, 3.63) is 95.1 Å². The van der Waals surface area contributed by atoms with E-state index in [2.05, 4.69) is 4.57 Å². The van der Waals surface area contributed by atoms with Gasteiger partial charge in [-0.15, -0.1) is 0 Å². The molecule has 0 unspecified atom stereocenters. The number of aromatic nitrogens is 1. The number of benzene rings is 2. The number of hydrogen-bond acceptors (Lipinski definition) is 2. The van der Waals surface area contributed by atoms with Crippen molar-refractivity contribution in [1.29, 1.82) is 0 Å². The first kappa shape index (κ1) is 22.8. The van der Waals surface area contributed by atoms with E-state index < -0.39 is 6.04 Å². The van der Waals surface area contributed by atoms with Crippen LogP contribution in [0.2, 0.25) is 0 Å². The summed E-state index contributed by atoms with van der Waals surface area (Å²) in [7, 11) is 0. The van der Waals surface area contributed by atoms with E-state index in [9.17, 15) is 14.0 Å². The zero-order chi connectivity index (χ0) is 23.5. The predicted octanol–water partition coefficient (Wildman–Crippen LogP) is 4.67. The van der Waals surface area contributed by atoms with E-state index in [1.54, 1.807) is 40.1 Å². The molecule has 1 aromatic heterocycles. The van der Waals surface area contributed by atoms with Crippen molar-refractivity contribution >= 4 is 11.8 Å². The zero-order valence-electron chi connectivity index (χ0n) is 19.4. The lowest BCUT2D eigenvalue weighted by Crippen LogP contribution is -2.48. The zero-order valence-corrected chi connectivity index (χ0v) is 19.4. The molecule has 2 amide bonds. The summed E-state index contributed by atoms with van der Waals surface area (Å²) in [4.78, 5) is 30.2. The Kier molecular flexibility index (Phi) is 6.63. The molecule has 172 valence electrons. The smallest absolute Gasteiger partial charge is 0.254 e. The lowest BCUT2D eigenvalue weighted by Gasteiger charge is -2.38. The van der Waals surface area contributed by atoms with E-state index in [0.717, 1.165) is 11.3 Å². The van der Waals surface area contributed by atoms with Gasteiger partial charge in [0.05, 0.1) is 0 Å². The fraction of sp³-hybridized carbons (Fsp3) is 0.333. The number of fused-ring (bicyclic) bond motifs is 1. The lowest BCUT2D eigenvalue weighted by atomic mass is 9.99. The molecule has 6 heteroatoms. The van der Waals surface area contributed by atoms with Gasteiger partial charge in [-0.1, -0.05) is 49.7 Å². The molecule has 0 radical (unpaired) electrons. The van der Waals surface area contributed by atoms with Gasteiger partial charge in [0.15, 0.2) is 0 Å². The molecule has 1 aliphatic rings. The van der Waals surface area contributed by atoms with Crippen LogP contribution in [0.4, 0.5) is 4.39 Å². The summed E-state index contributed by atoms with van der Waals surface area (Å²) >= 11 is 0. The minimum atomic E-state index is -0.530. The van der Waals surface area contributed by atoms with Crippen LogP contribution in [0, 0.1) is 18.7 Å². The van der Waals surface area contributed by atoms with Gasteiger partial charge in [0.2, 0.25) is 5.91 Å². The summed E-state index contributed by atoms with van der Waals surface area (Å²) in [6, 6.07) is 17.3. The monoisotopic (exact) mass is 447 g/mol. The SMILES string of the molecule is Cc1ccc(C(=O)N(CC(=O)N2CCn3cccc3[C@@H]2c2ccccc2F)CC(C)C)cc1. The molecular formula is C27H30FN3O2. The summed E-state index contributed by atoms with van der Waals surface area (Å²) in [6.45, 7) is 7.52. The molecule has 2 aromatic carbocycles. The highest BCUT2D eigenvalue weighted by Crippen LogP contribution is 2.34. The molecule has 1 atom stereocenters. The third-order valence-electron chi connectivity index (χ3n) is 6.06. The van der Waals surface area contributed by atoms with Crippen molar-refractivity contribution in [2.75, 3.05) is 19.6 Å². The van der Waals surface area contributed by atoms with Crippen molar-refractivity contribution in [2.45, 2.75) is 33.4 Å². The molecule has 0 fully saturated rings. The van der Waals surface area contributed by atoms with Crippen LogP contribution >= 0.6 is 0 Å². The van der Waals surface area contributed by atoms with Gasteiger partial charge in [-0.2, -0.15) is 0 Å². The molecule has 4 rings (SSSR count). The number of halogens is 1. The van der Waals surface area contributed by atoms with Gasteiger partial charge in [0.25, 0.3) is 5.91 Å². The van der Waals surface area contributed by atoms with Gasteiger partial charge in [-0.3, -0.25) is 9.59 Å². The summed E-state index contributed by atoms with van der Waals surface area (Å²) in [5.41, 5.74) is 2.97. The minimum Gasteiger partial charge on any atom is -0.348 e. The maximum absolute atomic E-state index is 14.8. The maximum atomic E-state index is 14.8. The molecule has 33 heavy (non-hydrogen) atoms. The molecule has 2 heterocycles. The number of hydrogen-bond donors (Lipinski definition) is 0. The second-order valence-corrected chi connectivity index (χ2v) is 9.08. The van der Waals surface area contributed by atoms with Gasteiger partial charge in [-0.25, -0.2) is 4.39 Å². The van der Waals surface area contributed by atoms with E-state index in [4.69, 9.17) is 0 Å². The van der Waals surface area contributed by atoms with Crippen molar-refractivity contribution in [3.63, 3.8) is 0 Å². The van der Waals surface area contributed by atoms with Gasteiger partial charge in [0, 0.05) is 42.7 Å². The van der Waals surface area contributed by atoms with E-state index in [1.807, 2.05) is 51.2 Å². The fourth-order valence-corrected chi connectivity index (χ4v) is 4.47. The Balaban J connectivity index is 1.63. The Bertz CT molecular complexity index is 1140. The Labute approximate surface area is 194 Å².